The van der Waals surface area contributed by atoms with Crippen molar-refractivity contribution in [2.75, 3.05) is 5.32 Å². The van der Waals surface area contributed by atoms with Crippen LogP contribution in [0.1, 0.15) is 10.5 Å². The lowest BCUT2D eigenvalue weighted by molar-refractivity contribution is 0.101. The van der Waals surface area contributed by atoms with Gasteiger partial charge in [0.1, 0.15) is 5.82 Å². The number of hydrogen-bond acceptors (Lipinski definition) is 3. The molecule has 3 aromatic rings. The van der Waals surface area contributed by atoms with Gasteiger partial charge < -0.3 is 9.84 Å². The predicted octanol–water partition coefficient (Wildman–Crippen LogP) is 4.39. The van der Waals surface area contributed by atoms with E-state index in [2.05, 4.69) is 10.5 Å². The van der Waals surface area contributed by atoms with E-state index in [-0.39, 0.29) is 10.7 Å². The molecular weight excluding hydrogens is 307 g/mol. The fraction of sp³-hybridized carbons (Fsp3) is 0. The van der Waals surface area contributed by atoms with Crippen LogP contribution >= 0.6 is 11.6 Å². The first-order chi connectivity index (χ1) is 10.6. The highest BCUT2D eigenvalue weighted by atomic mass is 35.5. The molecule has 3 rings (SSSR count). The average Bonchev–Trinajstić information content (AvgIpc) is 3.02. The summed E-state index contributed by atoms with van der Waals surface area (Å²) in [5.41, 5.74) is 1.32. The summed E-state index contributed by atoms with van der Waals surface area (Å²) >= 11 is 5.67. The molecule has 6 heteroatoms. The molecule has 0 fully saturated rings. The Balaban J connectivity index is 1.78. The summed E-state index contributed by atoms with van der Waals surface area (Å²) in [6.45, 7) is 0. The van der Waals surface area contributed by atoms with Gasteiger partial charge in [0, 0.05) is 17.3 Å². The third-order valence-electron chi connectivity index (χ3n) is 2.98. The molecule has 1 heterocycles. The minimum Gasteiger partial charge on any atom is -0.355 e. The summed E-state index contributed by atoms with van der Waals surface area (Å²) < 4.78 is 18.2. The molecule has 0 aliphatic rings. The zero-order valence-electron chi connectivity index (χ0n) is 11.2. The van der Waals surface area contributed by atoms with E-state index >= 15 is 0 Å². The van der Waals surface area contributed by atoms with Crippen molar-refractivity contribution in [1.29, 1.82) is 0 Å². The average molecular weight is 317 g/mol. The Labute approximate surface area is 130 Å². The fourth-order valence-electron chi connectivity index (χ4n) is 1.89. The Morgan fingerprint density at radius 1 is 1.14 bits per heavy atom. The van der Waals surface area contributed by atoms with Gasteiger partial charge in [0.05, 0.1) is 5.02 Å². The van der Waals surface area contributed by atoms with E-state index in [1.165, 1.54) is 24.3 Å². The first-order valence-corrected chi connectivity index (χ1v) is 6.80. The number of hydrogen-bond donors (Lipinski definition) is 1. The Bertz CT molecular complexity index is 818. The van der Waals surface area contributed by atoms with E-state index in [0.29, 0.717) is 11.4 Å². The zero-order chi connectivity index (χ0) is 15.5. The monoisotopic (exact) mass is 316 g/mol. The number of carbonyl (C=O) groups excluding carboxylic acids is 1. The summed E-state index contributed by atoms with van der Waals surface area (Å²) in [6.07, 6.45) is 0. The van der Waals surface area contributed by atoms with Crippen molar-refractivity contribution < 1.29 is 13.7 Å². The van der Waals surface area contributed by atoms with Crippen molar-refractivity contribution in [2.24, 2.45) is 0 Å². The van der Waals surface area contributed by atoms with Crippen molar-refractivity contribution in [3.05, 3.63) is 71.1 Å². The second kappa shape index (κ2) is 5.99. The molecule has 0 saturated carbocycles. The minimum atomic E-state index is -0.549. The summed E-state index contributed by atoms with van der Waals surface area (Å²) in [5, 5.41) is 6.25. The van der Waals surface area contributed by atoms with Gasteiger partial charge in [0.25, 0.3) is 5.91 Å². The van der Waals surface area contributed by atoms with Crippen molar-refractivity contribution in [3.63, 3.8) is 0 Å². The van der Waals surface area contributed by atoms with Gasteiger partial charge in [-0.25, -0.2) is 4.39 Å². The van der Waals surface area contributed by atoms with E-state index in [1.807, 2.05) is 30.3 Å². The van der Waals surface area contributed by atoms with Crippen molar-refractivity contribution in [3.8, 4) is 11.3 Å². The van der Waals surface area contributed by atoms with Crippen LogP contribution in [-0.2, 0) is 0 Å². The molecule has 110 valence electrons. The maximum atomic E-state index is 13.1. The normalized spacial score (nSPS) is 10.5. The third-order valence-corrected chi connectivity index (χ3v) is 3.27. The van der Waals surface area contributed by atoms with Crippen LogP contribution in [0.3, 0.4) is 0 Å². The van der Waals surface area contributed by atoms with E-state index < -0.39 is 11.7 Å². The molecule has 0 unspecified atom stereocenters. The standard InChI is InChI=1S/C16H10ClFN2O2/c17-12-8-11(6-7-13(12)18)19-16(21)14-9-15(22-20-14)10-4-2-1-3-5-10/h1-9H,(H,19,21). The van der Waals surface area contributed by atoms with Gasteiger partial charge in [-0.3, -0.25) is 4.79 Å². The summed E-state index contributed by atoms with van der Waals surface area (Å²) in [6, 6.07) is 14.8. The lowest BCUT2D eigenvalue weighted by atomic mass is 10.1. The van der Waals surface area contributed by atoms with Crippen LogP contribution in [-0.4, -0.2) is 11.1 Å². The van der Waals surface area contributed by atoms with E-state index in [9.17, 15) is 9.18 Å². The lowest BCUT2D eigenvalue weighted by Gasteiger charge is -2.03. The smallest absolute Gasteiger partial charge is 0.277 e. The van der Waals surface area contributed by atoms with Gasteiger partial charge in [-0.1, -0.05) is 47.1 Å². The maximum absolute atomic E-state index is 13.1. The maximum Gasteiger partial charge on any atom is 0.277 e. The van der Waals surface area contributed by atoms with Crippen LogP contribution in [0.2, 0.25) is 5.02 Å². The quantitative estimate of drug-likeness (QED) is 0.779. The number of nitrogens with zero attached hydrogens (tertiary/aromatic N) is 1. The van der Waals surface area contributed by atoms with Crippen LogP contribution in [0, 0.1) is 5.82 Å². The number of anilines is 1. The van der Waals surface area contributed by atoms with Gasteiger partial charge in [-0.15, -0.1) is 0 Å². The molecule has 0 atom stereocenters. The SMILES string of the molecule is O=C(Nc1ccc(F)c(Cl)c1)c1cc(-c2ccccc2)on1. The van der Waals surface area contributed by atoms with Gasteiger partial charge in [0.2, 0.25) is 0 Å². The number of benzene rings is 2. The highest BCUT2D eigenvalue weighted by Gasteiger charge is 2.14. The van der Waals surface area contributed by atoms with Crippen molar-refractivity contribution in [1.82, 2.24) is 5.16 Å². The van der Waals surface area contributed by atoms with Crippen LogP contribution in [0.5, 0.6) is 0 Å². The van der Waals surface area contributed by atoms with Gasteiger partial charge in [-0.2, -0.15) is 0 Å². The van der Waals surface area contributed by atoms with E-state index in [4.69, 9.17) is 16.1 Å². The van der Waals surface area contributed by atoms with Gasteiger partial charge in [-0.05, 0) is 18.2 Å². The summed E-state index contributed by atoms with van der Waals surface area (Å²) in [5.74, 6) is -0.524. The lowest BCUT2D eigenvalue weighted by Crippen LogP contribution is -2.12. The Morgan fingerprint density at radius 3 is 2.64 bits per heavy atom. The molecule has 1 N–H and O–H groups in total. The van der Waals surface area contributed by atoms with Crippen LogP contribution in [0.25, 0.3) is 11.3 Å². The summed E-state index contributed by atoms with van der Waals surface area (Å²) in [4.78, 5) is 12.1. The minimum absolute atomic E-state index is 0.0667. The molecular formula is C16H10ClFN2O2. The number of carbonyl (C=O) groups is 1. The molecule has 2 aromatic carbocycles. The zero-order valence-corrected chi connectivity index (χ0v) is 12.0. The van der Waals surface area contributed by atoms with Crippen molar-refractivity contribution >= 4 is 23.2 Å². The topological polar surface area (TPSA) is 55.1 Å². The fourth-order valence-corrected chi connectivity index (χ4v) is 2.07. The second-order valence-corrected chi connectivity index (χ2v) is 4.93. The number of halogens is 2. The molecule has 0 spiro atoms. The molecule has 4 nitrogen and oxygen atoms in total. The van der Waals surface area contributed by atoms with Crippen LogP contribution < -0.4 is 5.32 Å². The largest absolute Gasteiger partial charge is 0.355 e. The Kier molecular flexibility index (Phi) is 3.89. The Hall–Kier alpha value is -2.66. The van der Waals surface area contributed by atoms with Crippen LogP contribution in [0.4, 0.5) is 10.1 Å². The van der Waals surface area contributed by atoms with E-state index in [0.717, 1.165) is 5.56 Å². The molecule has 1 aromatic heterocycles. The first kappa shape index (κ1) is 14.3. The highest BCUT2D eigenvalue weighted by Crippen LogP contribution is 2.22. The van der Waals surface area contributed by atoms with Gasteiger partial charge in [0.15, 0.2) is 11.5 Å². The molecule has 0 aliphatic heterocycles. The molecule has 0 bridgehead atoms. The number of amides is 1. The van der Waals surface area contributed by atoms with E-state index in [1.54, 1.807) is 0 Å². The second-order valence-electron chi connectivity index (χ2n) is 4.53. The van der Waals surface area contributed by atoms with Crippen LogP contribution in [0.15, 0.2) is 59.1 Å². The molecule has 1 amide bonds. The molecule has 22 heavy (non-hydrogen) atoms. The van der Waals surface area contributed by atoms with Gasteiger partial charge >= 0.3 is 0 Å². The molecule has 0 radical (unpaired) electrons. The third kappa shape index (κ3) is 2.99. The molecule has 0 aliphatic carbocycles. The number of aromatic nitrogens is 1. The highest BCUT2D eigenvalue weighted by molar-refractivity contribution is 6.31. The summed E-state index contributed by atoms with van der Waals surface area (Å²) in [7, 11) is 0. The predicted molar refractivity (Wildman–Crippen MR) is 81.3 cm³/mol. The number of rotatable bonds is 3. The Morgan fingerprint density at radius 2 is 1.91 bits per heavy atom. The molecule has 0 saturated heterocycles. The number of nitrogens with one attached hydrogen (secondary N) is 1. The first-order valence-electron chi connectivity index (χ1n) is 6.42. The van der Waals surface area contributed by atoms with Crippen molar-refractivity contribution in [2.45, 2.75) is 0 Å².